The number of hydrogen-bond acceptors (Lipinski definition) is 5. The highest BCUT2D eigenvalue weighted by Gasteiger charge is 2.50. The van der Waals surface area contributed by atoms with Gasteiger partial charge in [0.15, 0.2) is 0 Å². The number of pyridine rings is 1. The van der Waals surface area contributed by atoms with Crippen molar-refractivity contribution < 1.29 is 14.3 Å². The summed E-state index contributed by atoms with van der Waals surface area (Å²) in [5, 5.41) is 4.05. The molecule has 7 nitrogen and oxygen atoms in total. The third kappa shape index (κ3) is 2.75. The van der Waals surface area contributed by atoms with Gasteiger partial charge >= 0.3 is 0 Å². The van der Waals surface area contributed by atoms with Crippen LogP contribution in [0.1, 0.15) is 23.3 Å². The molecule has 2 aliphatic heterocycles. The average molecular weight is 328 g/mol. The van der Waals surface area contributed by atoms with Crippen molar-refractivity contribution in [2.75, 3.05) is 19.7 Å². The fraction of sp³-hybridized carbons (Fsp3) is 0.471. The lowest BCUT2D eigenvalue weighted by molar-refractivity contribution is -0.174. The van der Waals surface area contributed by atoms with Gasteiger partial charge in [0.1, 0.15) is 17.4 Å². The second-order valence-corrected chi connectivity index (χ2v) is 6.43. The summed E-state index contributed by atoms with van der Waals surface area (Å²) in [4.78, 5) is 18.5. The first kappa shape index (κ1) is 15.1. The Labute approximate surface area is 140 Å². The first-order valence-corrected chi connectivity index (χ1v) is 8.14. The predicted molar refractivity (Wildman–Crippen MR) is 85.7 cm³/mol. The molecule has 1 spiro atoms. The molecule has 0 aliphatic carbocycles. The van der Waals surface area contributed by atoms with E-state index in [-0.39, 0.29) is 17.6 Å². The lowest BCUT2D eigenvalue weighted by atomic mass is 9.84. The second-order valence-electron chi connectivity index (χ2n) is 6.43. The van der Waals surface area contributed by atoms with Crippen LogP contribution in [0.4, 0.5) is 0 Å². The number of aryl methyl sites for hydroxylation is 1. The third-order valence-electron chi connectivity index (χ3n) is 4.66. The Balaban J connectivity index is 1.37. The average Bonchev–Trinajstić information content (AvgIpc) is 2.99. The smallest absolute Gasteiger partial charge is 0.272 e. The van der Waals surface area contributed by atoms with Crippen LogP contribution >= 0.6 is 0 Å². The fourth-order valence-corrected chi connectivity index (χ4v) is 3.43. The van der Waals surface area contributed by atoms with E-state index in [0.29, 0.717) is 31.3 Å². The maximum absolute atomic E-state index is 12.5. The molecule has 4 heterocycles. The molecule has 1 amide bonds. The number of amides is 1. The van der Waals surface area contributed by atoms with Crippen molar-refractivity contribution >= 4 is 5.91 Å². The molecule has 0 aromatic carbocycles. The van der Waals surface area contributed by atoms with Gasteiger partial charge in [-0.05, 0) is 12.1 Å². The minimum atomic E-state index is -0.286. The Kier molecular flexibility index (Phi) is 3.72. The highest BCUT2D eigenvalue weighted by atomic mass is 16.5. The third-order valence-corrected chi connectivity index (χ3v) is 4.66. The lowest BCUT2D eigenvalue weighted by Crippen LogP contribution is -2.67. The number of carbonyl (C=O) groups excluding carboxylic acids is 1. The normalized spacial score (nSPS) is 22.2. The Morgan fingerprint density at radius 3 is 2.92 bits per heavy atom. The van der Waals surface area contributed by atoms with E-state index in [9.17, 15) is 4.79 Å². The SMILES string of the molecule is Cn1nccc1C(=O)N1CC2(C[C@H](Oc3ccccn3)CCO2)C1. The topological polar surface area (TPSA) is 69.5 Å². The molecule has 1 atom stereocenters. The largest absolute Gasteiger partial charge is 0.474 e. The number of nitrogens with zero attached hydrogens (tertiary/aromatic N) is 4. The first-order valence-electron chi connectivity index (χ1n) is 8.14. The van der Waals surface area contributed by atoms with Crippen LogP contribution in [0.2, 0.25) is 0 Å². The van der Waals surface area contributed by atoms with E-state index < -0.39 is 0 Å². The summed E-state index contributed by atoms with van der Waals surface area (Å²) in [6.07, 6.45) is 5.05. The van der Waals surface area contributed by atoms with Gasteiger partial charge in [-0.3, -0.25) is 9.48 Å². The van der Waals surface area contributed by atoms with Crippen molar-refractivity contribution in [3.8, 4) is 5.88 Å². The molecule has 2 aromatic heterocycles. The van der Waals surface area contributed by atoms with Crippen molar-refractivity contribution in [2.24, 2.45) is 7.05 Å². The fourth-order valence-electron chi connectivity index (χ4n) is 3.43. The van der Waals surface area contributed by atoms with Crippen LogP contribution in [0.25, 0.3) is 0 Å². The number of hydrogen-bond donors (Lipinski definition) is 0. The van der Waals surface area contributed by atoms with Crippen molar-refractivity contribution in [3.05, 3.63) is 42.4 Å². The quantitative estimate of drug-likeness (QED) is 0.849. The Bertz CT molecular complexity index is 724. The summed E-state index contributed by atoms with van der Waals surface area (Å²) in [6, 6.07) is 7.38. The number of carbonyl (C=O) groups is 1. The van der Waals surface area contributed by atoms with E-state index in [1.807, 2.05) is 18.2 Å². The second kappa shape index (κ2) is 5.90. The van der Waals surface area contributed by atoms with E-state index in [0.717, 1.165) is 12.8 Å². The Morgan fingerprint density at radius 2 is 2.21 bits per heavy atom. The number of ether oxygens (including phenoxy) is 2. The molecule has 24 heavy (non-hydrogen) atoms. The number of aromatic nitrogens is 3. The summed E-state index contributed by atoms with van der Waals surface area (Å²) in [5.74, 6) is 0.638. The molecule has 0 N–H and O–H groups in total. The molecule has 4 rings (SSSR count). The maximum Gasteiger partial charge on any atom is 0.272 e. The van der Waals surface area contributed by atoms with Gasteiger partial charge in [0.2, 0.25) is 5.88 Å². The molecular weight excluding hydrogens is 308 g/mol. The van der Waals surface area contributed by atoms with Gasteiger partial charge in [0, 0.05) is 38.3 Å². The van der Waals surface area contributed by atoms with Crippen LogP contribution < -0.4 is 4.74 Å². The zero-order chi connectivity index (χ0) is 16.6. The Hall–Kier alpha value is -2.41. The molecule has 0 radical (unpaired) electrons. The van der Waals surface area contributed by atoms with Crippen LogP contribution in [0.15, 0.2) is 36.7 Å². The van der Waals surface area contributed by atoms with Crippen molar-refractivity contribution in [3.63, 3.8) is 0 Å². The van der Waals surface area contributed by atoms with Crippen LogP contribution in [0.5, 0.6) is 5.88 Å². The monoisotopic (exact) mass is 328 g/mol. The molecular formula is C17H20N4O3. The van der Waals surface area contributed by atoms with Gasteiger partial charge in [0.25, 0.3) is 5.91 Å². The molecule has 2 aliphatic rings. The molecule has 2 fully saturated rings. The first-order chi connectivity index (χ1) is 11.7. The zero-order valence-electron chi connectivity index (χ0n) is 13.6. The van der Waals surface area contributed by atoms with Gasteiger partial charge < -0.3 is 14.4 Å². The van der Waals surface area contributed by atoms with Crippen molar-refractivity contribution in [1.29, 1.82) is 0 Å². The van der Waals surface area contributed by atoms with Crippen LogP contribution in [-0.2, 0) is 11.8 Å². The number of likely N-dealkylation sites (tertiary alicyclic amines) is 1. The molecule has 7 heteroatoms. The summed E-state index contributed by atoms with van der Waals surface area (Å²) in [7, 11) is 1.77. The lowest BCUT2D eigenvalue weighted by Gasteiger charge is -2.52. The van der Waals surface area contributed by atoms with E-state index in [1.165, 1.54) is 0 Å². The van der Waals surface area contributed by atoms with E-state index in [4.69, 9.17) is 9.47 Å². The Morgan fingerprint density at radius 1 is 1.33 bits per heavy atom. The van der Waals surface area contributed by atoms with Crippen LogP contribution in [0, 0.1) is 0 Å². The maximum atomic E-state index is 12.5. The van der Waals surface area contributed by atoms with Gasteiger partial charge in [-0.2, -0.15) is 5.10 Å². The van der Waals surface area contributed by atoms with Crippen molar-refractivity contribution in [2.45, 2.75) is 24.5 Å². The molecule has 0 unspecified atom stereocenters. The van der Waals surface area contributed by atoms with Crippen LogP contribution in [0.3, 0.4) is 0 Å². The van der Waals surface area contributed by atoms with Crippen molar-refractivity contribution in [1.82, 2.24) is 19.7 Å². The standard InChI is InChI=1S/C17H20N4O3/c1-20-14(5-8-19-20)16(22)21-11-17(12-21)10-13(6-9-23-17)24-15-4-2-3-7-18-15/h2-5,7-8,13H,6,9-12H2,1H3/t13-/m1/s1. The summed E-state index contributed by atoms with van der Waals surface area (Å²) in [5.41, 5.74) is 0.313. The molecule has 2 aromatic rings. The van der Waals surface area contributed by atoms with E-state index in [1.54, 1.807) is 35.1 Å². The molecule has 126 valence electrons. The molecule has 2 saturated heterocycles. The van der Waals surface area contributed by atoms with E-state index in [2.05, 4.69) is 10.1 Å². The molecule has 0 bridgehead atoms. The zero-order valence-corrected chi connectivity index (χ0v) is 13.6. The summed E-state index contributed by atoms with van der Waals surface area (Å²) < 4.78 is 13.5. The van der Waals surface area contributed by atoms with Gasteiger partial charge in [-0.1, -0.05) is 6.07 Å². The van der Waals surface area contributed by atoms with Crippen LogP contribution in [-0.4, -0.2) is 57.0 Å². The molecule has 0 saturated carbocycles. The van der Waals surface area contributed by atoms with E-state index >= 15 is 0 Å². The highest BCUT2D eigenvalue weighted by molar-refractivity contribution is 5.93. The number of rotatable bonds is 3. The predicted octanol–water partition coefficient (Wildman–Crippen LogP) is 1.27. The minimum absolute atomic E-state index is 0.00278. The van der Waals surface area contributed by atoms with Gasteiger partial charge in [-0.25, -0.2) is 4.98 Å². The van der Waals surface area contributed by atoms with Gasteiger partial charge in [-0.15, -0.1) is 0 Å². The van der Waals surface area contributed by atoms with Gasteiger partial charge in [0.05, 0.1) is 19.7 Å². The highest BCUT2D eigenvalue weighted by Crippen LogP contribution is 2.36. The minimum Gasteiger partial charge on any atom is -0.474 e. The summed E-state index contributed by atoms with van der Waals surface area (Å²) in [6.45, 7) is 1.84. The summed E-state index contributed by atoms with van der Waals surface area (Å²) >= 11 is 0.